The van der Waals surface area contributed by atoms with E-state index in [0.29, 0.717) is 5.92 Å². The van der Waals surface area contributed by atoms with E-state index in [9.17, 15) is 0 Å². The minimum atomic E-state index is 0.102. The Morgan fingerprint density at radius 2 is 1.68 bits per heavy atom. The summed E-state index contributed by atoms with van der Waals surface area (Å²) in [5.41, 5.74) is 10.6. The van der Waals surface area contributed by atoms with E-state index in [-0.39, 0.29) is 6.04 Å². The van der Waals surface area contributed by atoms with E-state index in [0.717, 1.165) is 17.9 Å². The van der Waals surface area contributed by atoms with Gasteiger partial charge in [-0.25, -0.2) is 0 Å². The zero-order valence-electron chi connectivity index (χ0n) is 10.9. The molecule has 1 aliphatic carbocycles. The second kappa shape index (κ2) is 5.36. The van der Waals surface area contributed by atoms with Crippen LogP contribution in [0.3, 0.4) is 0 Å². The lowest BCUT2D eigenvalue weighted by Gasteiger charge is -2.29. The van der Waals surface area contributed by atoms with Crippen molar-refractivity contribution in [3.8, 4) is 0 Å². The molecule has 0 radical (unpaired) electrons. The van der Waals surface area contributed by atoms with Gasteiger partial charge in [0.05, 0.1) is 0 Å². The minimum Gasteiger partial charge on any atom is -0.324 e. The zero-order chi connectivity index (χ0) is 13.2. The van der Waals surface area contributed by atoms with Gasteiger partial charge in [0.25, 0.3) is 0 Å². The monoisotopic (exact) mass is 271 g/mol. The largest absolute Gasteiger partial charge is 0.324 e. The van der Waals surface area contributed by atoms with Gasteiger partial charge in [-0.3, -0.25) is 0 Å². The second-order valence-electron chi connectivity index (χ2n) is 5.35. The number of benzene rings is 2. The lowest BCUT2D eigenvalue weighted by atomic mass is 9.78. The predicted octanol–water partition coefficient (Wildman–Crippen LogP) is 4.14. The lowest BCUT2D eigenvalue weighted by Crippen LogP contribution is -2.26. The maximum atomic E-state index is 6.43. The number of halogens is 1. The quantitative estimate of drug-likeness (QED) is 0.873. The number of fused-ring (bicyclic) bond motifs is 1. The Morgan fingerprint density at radius 1 is 1.00 bits per heavy atom. The van der Waals surface area contributed by atoms with Crippen LogP contribution in [-0.4, -0.2) is 0 Å². The maximum Gasteiger partial charge on any atom is 0.0406 e. The molecule has 0 spiro atoms. The maximum absolute atomic E-state index is 6.43. The van der Waals surface area contributed by atoms with Crippen molar-refractivity contribution in [3.05, 3.63) is 70.2 Å². The molecule has 0 saturated heterocycles. The fourth-order valence-corrected chi connectivity index (χ4v) is 3.12. The molecule has 0 aliphatic heterocycles. The van der Waals surface area contributed by atoms with E-state index >= 15 is 0 Å². The zero-order valence-corrected chi connectivity index (χ0v) is 11.6. The van der Waals surface area contributed by atoms with Gasteiger partial charge in [-0.05, 0) is 54.0 Å². The van der Waals surface area contributed by atoms with Crippen LogP contribution in [0.5, 0.6) is 0 Å². The van der Waals surface area contributed by atoms with Crippen molar-refractivity contribution >= 4 is 11.6 Å². The fraction of sp³-hybridized carbons (Fsp3) is 0.294. The van der Waals surface area contributed by atoms with Crippen molar-refractivity contribution in [1.82, 2.24) is 0 Å². The van der Waals surface area contributed by atoms with Crippen LogP contribution >= 0.6 is 11.6 Å². The molecule has 0 saturated carbocycles. The summed E-state index contributed by atoms with van der Waals surface area (Å²) < 4.78 is 0. The molecule has 2 unspecified atom stereocenters. The molecule has 2 aromatic carbocycles. The van der Waals surface area contributed by atoms with E-state index in [1.807, 2.05) is 24.3 Å². The summed E-state index contributed by atoms with van der Waals surface area (Å²) in [4.78, 5) is 0. The summed E-state index contributed by atoms with van der Waals surface area (Å²) in [6, 6.07) is 16.8. The predicted molar refractivity (Wildman–Crippen MR) is 80.3 cm³/mol. The van der Waals surface area contributed by atoms with Crippen LogP contribution in [0.15, 0.2) is 48.5 Å². The van der Waals surface area contributed by atoms with Crippen molar-refractivity contribution in [2.24, 2.45) is 11.7 Å². The molecule has 2 N–H and O–H groups in total. The molecule has 1 aliphatic rings. The summed E-state index contributed by atoms with van der Waals surface area (Å²) in [6.07, 6.45) is 3.39. The Bertz CT molecular complexity index is 562. The van der Waals surface area contributed by atoms with Crippen LogP contribution < -0.4 is 5.73 Å². The number of nitrogens with two attached hydrogens (primary N) is 1. The number of aryl methyl sites for hydroxylation is 1. The fourth-order valence-electron chi connectivity index (χ4n) is 2.99. The summed E-state index contributed by atoms with van der Waals surface area (Å²) in [7, 11) is 0. The molecular formula is C17H18ClN. The van der Waals surface area contributed by atoms with E-state index < -0.39 is 0 Å². The van der Waals surface area contributed by atoms with Gasteiger partial charge in [0.2, 0.25) is 0 Å². The lowest BCUT2D eigenvalue weighted by molar-refractivity contribution is 0.382. The molecule has 2 aromatic rings. The number of rotatable bonds is 2. The highest BCUT2D eigenvalue weighted by molar-refractivity contribution is 6.30. The van der Waals surface area contributed by atoms with Crippen LogP contribution in [0, 0.1) is 5.92 Å². The highest BCUT2D eigenvalue weighted by Crippen LogP contribution is 2.33. The van der Waals surface area contributed by atoms with Crippen molar-refractivity contribution in [2.45, 2.75) is 25.3 Å². The third-order valence-electron chi connectivity index (χ3n) is 4.15. The van der Waals surface area contributed by atoms with Gasteiger partial charge in [-0.1, -0.05) is 48.0 Å². The van der Waals surface area contributed by atoms with Crippen LogP contribution in [-0.2, 0) is 12.8 Å². The first-order chi connectivity index (χ1) is 9.24. The summed E-state index contributed by atoms with van der Waals surface area (Å²) in [5.74, 6) is 0.524. The molecule has 0 amide bonds. The normalized spacial score (nSPS) is 19.8. The first kappa shape index (κ1) is 12.7. The third kappa shape index (κ3) is 2.68. The van der Waals surface area contributed by atoms with E-state index in [4.69, 9.17) is 17.3 Å². The van der Waals surface area contributed by atoms with Gasteiger partial charge in [-0.15, -0.1) is 0 Å². The van der Waals surface area contributed by atoms with E-state index in [1.54, 1.807) is 0 Å². The highest BCUT2D eigenvalue weighted by atomic mass is 35.5. The number of hydrogen-bond donors (Lipinski definition) is 1. The Morgan fingerprint density at radius 3 is 2.42 bits per heavy atom. The molecule has 0 bridgehead atoms. The van der Waals surface area contributed by atoms with E-state index in [2.05, 4.69) is 24.3 Å². The van der Waals surface area contributed by atoms with Gasteiger partial charge < -0.3 is 5.73 Å². The standard InChI is InChI=1S/C17H18ClN/c18-16-9-7-13(8-10-16)17(19)15-6-5-12-3-1-2-4-14(12)11-15/h1-4,7-10,15,17H,5-6,11,19H2. The molecule has 0 heterocycles. The Balaban J connectivity index is 1.79. The van der Waals surface area contributed by atoms with Crippen LogP contribution in [0.2, 0.25) is 5.02 Å². The van der Waals surface area contributed by atoms with Crippen LogP contribution in [0.4, 0.5) is 0 Å². The van der Waals surface area contributed by atoms with Gasteiger partial charge in [0.15, 0.2) is 0 Å². The minimum absolute atomic E-state index is 0.102. The molecule has 19 heavy (non-hydrogen) atoms. The molecule has 2 atom stereocenters. The van der Waals surface area contributed by atoms with Gasteiger partial charge in [0, 0.05) is 11.1 Å². The molecule has 98 valence electrons. The highest BCUT2D eigenvalue weighted by Gasteiger charge is 2.24. The van der Waals surface area contributed by atoms with E-state index in [1.165, 1.54) is 23.1 Å². The van der Waals surface area contributed by atoms with Crippen molar-refractivity contribution in [3.63, 3.8) is 0 Å². The first-order valence-corrected chi connectivity index (χ1v) is 7.19. The van der Waals surface area contributed by atoms with Gasteiger partial charge in [0.1, 0.15) is 0 Å². The Labute approximate surface area is 119 Å². The molecule has 3 rings (SSSR count). The summed E-state index contributed by atoms with van der Waals surface area (Å²) >= 11 is 5.93. The van der Waals surface area contributed by atoms with Crippen LogP contribution in [0.25, 0.3) is 0 Å². The van der Waals surface area contributed by atoms with Gasteiger partial charge in [-0.2, -0.15) is 0 Å². The second-order valence-corrected chi connectivity index (χ2v) is 5.79. The molecule has 2 heteroatoms. The van der Waals surface area contributed by atoms with Gasteiger partial charge >= 0.3 is 0 Å². The third-order valence-corrected chi connectivity index (χ3v) is 4.40. The molecule has 1 nitrogen and oxygen atoms in total. The smallest absolute Gasteiger partial charge is 0.0406 e. The van der Waals surface area contributed by atoms with Crippen molar-refractivity contribution in [2.75, 3.05) is 0 Å². The average molecular weight is 272 g/mol. The SMILES string of the molecule is NC(c1ccc(Cl)cc1)C1CCc2ccccc2C1. The first-order valence-electron chi connectivity index (χ1n) is 6.82. The van der Waals surface area contributed by atoms with Crippen LogP contribution in [0.1, 0.15) is 29.2 Å². The summed E-state index contributed by atoms with van der Waals surface area (Å²) in [6.45, 7) is 0. The molecular weight excluding hydrogens is 254 g/mol. The summed E-state index contributed by atoms with van der Waals surface area (Å²) in [5, 5.41) is 0.768. The molecule has 0 fully saturated rings. The van der Waals surface area contributed by atoms with Crippen molar-refractivity contribution < 1.29 is 0 Å². The van der Waals surface area contributed by atoms with Crippen molar-refractivity contribution in [1.29, 1.82) is 0 Å². The Hall–Kier alpha value is -1.31. The number of hydrogen-bond acceptors (Lipinski definition) is 1. The topological polar surface area (TPSA) is 26.0 Å². The molecule has 0 aromatic heterocycles. The Kier molecular flexibility index (Phi) is 3.58. The average Bonchev–Trinajstić information content (AvgIpc) is 2.47.